The van der Waals surface area contributed by atoms with Crippen molar-refractivity contribution < 1.29 is 18.3 Å². The number of anilines is 1. The van der Waals surface area contributed by atoms with Crippen LogP contribution in [0, 0.1) is 5.41 Å². The Morgan fingerprint density at radius 2 is 2.26 bits per heavy atom. The van der Waals surface area contributed by atoms with E-state index in [1.807, 2.05) is 0 Å². The summed E-state index contributed by atoms with van der Waals surface area (Å²) in [7, 11) is 0. The van der Waals surface area contributed by atoms with Gasteiger partial charge in [-0.05, 0) is 12.8 Å². The molecule has 0 radical (unpaired) electrons. The first-order valence-electron chi connectivity index (χ1n) is 9.17. The number of carbonyl (C=O) groups excluding carboxylic acids is 1. The van der Waals surface area contributed by atoms with Crippen LogP contribution < -0.4 is 10.2 Å². The van der Waals surface area contributed by atoms with E-state index in [-0.39, 0.29) is 36.4 Å². The minimum atomic E-state index is -2.82. The van der Waals surface area contributed by atoms with E-state index in [0.29, 0.717) is 34.2 Å². The number of rotatable bonds is 2. The zero-order valence-electron chi connectivity index (χ0n) is 14.4. The summed E-state index contributed by atoms with van der Waals surface area (Å²) < 4.78 is 35.0. The fourth-order valence-electron chi connectivity index (χ4n) is 5.07. The highest BCUT2D eigenvalue weighted by Gasteiger charge is 2.64. The van der Waals surface area contributed by atoms with E-state index in [1.165, 1.54) is 11.3 Å². The molecule has 0 bridgehead atoms. The third kappa shape index (κ3) is 2.18. The van der Waals surface area contributed by atoms with Crippen molar-refractivity contribution in [2.45, 2.75) is 37.3 Å². The standard InChI is InChI=1S/C18H18F2N4O2S/c19-18(20)3-10-13-15(27-14(10)9-5-21-22-6-9)16(25)23-11(7-24(13)8-18)17-1-2-26-12(17)4-17/h5-6,11-12H,1-4,7-8H2,(H,21,22)(H,23,25)/t11-,12-,17+/m1/s1. The molecule has 1 amide bonds. The van der Waals surface area contributed by atoms with Gasteiger partial charge in [0.15, 0.2) is 0 Å². The summed E-state index contributed by atoms with van der Waals surface area (Å²) in [4.78, 5) is 16.0. The minimum absolute atomic E-state index is 0.0793. The van der Waals surface area contributed by atoms with Gasteiger partial charge in [0.25, 0.3) is 11.8 Å². The number of thiophene rings is 1. The zero-order chi connectivity index (χ0) is 18.4. The van der Waals surface area contributed by atoms with Crippen molar-refractivity contribution in [2.75, 3.05) is 24.6 Å². The smallest absolute Gasteiger partial charge is 0.269 e. The molecule has 5 heterocycles. The SMILES string of the molecule is O=C1N[C@@H]([C@@]23CCO[C@@H]2C3)CN2CC(F)(F)Cc3c(-c4cn[nH]c4)sc1c32. The van der Waals surface area contributed by atoms with Crippen molar-refractivity contribution in [3.63, 3.8) is 0 Å². The van der Waals surface area contributed by atoms with E-state index >= 15 is 0 Å². The van der Waals surface area contributed by atoms with Crippen LogP contribution in [0.25, 0.3) is 10.4 Å². The van der Waals surface area contributed by atoms with Gasteiger partial charge in [0, 0.05) is 47.2 Å². The lowest BCUT2D eigenvalue weighted by Crippen LogP contribution is -2.51. The molecule has 2 aromatic rings. The van der Waals surface area contributed by atoms with Gasteiger partial charge in [-0.1, -0.05) is 0 Å². The molecule has 1 saturated heterocycles. The average Bonchev–Trinajstić information content (AvgIpc) is 3.02. The van der Waals surface area contributed by atoms with Gasteiger partial charge in [-0.25, -0.2) is 8.78 Å². The first-order chi connectivity index (χ1) is 13.0. The molecule has 27 heavy (non-hydrogen) atoms. The average molecular weight is 392 g/mol. The molecule has 3 aliphatic heterocycles. The van der Waals surface area contributed by atoms with Gasteiger partial charge in [0.05, 0.1) is 30.6 Å². The number of aromatic amines is 1. The van der Waals surface area contributed by atoms with Crippen molar-refractivity contribution in [2.24, 2.45) is 5.41 Å². The van der Waals surface area contributed by atoms with Crippen LogP contribution in [0.5, 0.6) is 0 Å². The number of aromatic nitrogens is 2. The lowest BCUT2D eigenvalue weighted by molar-refractivity contribution is 0.00510. The molecule has 2 aromatic heterocycles. The molecule has 4 aliphatic rings. The molecule has 6 nitrogen and oxygen atoms in total. The van der Waals surface area contributed by atoms with Crippen molar-refractivity contribution in [3.8, 4) is 10.4 Å². The van der Waals surface area contributed by atoms with Crippen LogP contribution in [0.3, 0.4) is 0 Å². The second kappa shape index (κ2) is 5.08. The molecule has 9 heteroatoms. The largest absolute Gasteiger partial charge is 0.378 e. The van der Waals surface area contributed by atoms with Crippen LogP contribution in [0.2, 0.25) is 0 Å². The number of hydrogen-bond donors (Lipinski definition) is 2. The monoisotopic (exact) mass is 392 g/mol. The van der Waals surface area contributed by atoms with E-state index in [4.69, 9.17) is 4.74 Å². The molecule has 6 rings (SSSR count). The van der Waals surface area contributed by atoms with Crippen molar-refractivity contribution in [1.82, 2.24) is 15.5 Å². The highest BCUT2D eigenvalue weighted by Crippen LogP contribution is 2.59. The number of carbonyl (C=O) groups is 1. The number of alkyl halides is 2. The summed E-state index contributed by atoms with van der Waals surface area (Å²) in [6.45, 7) is 0.745. The number of H-pyrrole nitrogens is 1. The van der Waals surface area contributed by atoms with Crippen LogP contribution >= 0.6 is 11.3 Å². The molecular formula is C18H18F2N4O2S. The summed E-state index contributed by atoms with van der Waals surface area (Å²) in [5.74, 6) is -2.98. The zero-order valence-corrected chi connectivity index (χ0v) is 15.2. The number of fused-ring (bicyclic) bond motifs is 1. The summed E-state index contributed by atoms with van der Waals surface area (Å²) in [5.41, 5.74) is 1.92. The Kier molecular flexibility index (Phi) is 3.01. The second-order valence-electron chi connectivity index (χ2n) is 8.06. The molecule has 3 atom stereocenters. The van der Waals surface area contributed by atoms with E-state index in [0.717, 1.165) is 18.4 Å². The molecule has 1 aliphatic carbocycles. The van der Waals surface area contributed by atoms with Gasteiger partial charge in [0.1, 0.15) is 4.88 Å². The maximum Gasteiger partial charge on any atom is 0.269 e. The van der Waals surface area contributed by atoms with Crippen molar-refractivity contribution in [1.29, 1.82) is 0 Å². The molecule has 0 unspecified atom stereocenters. The fourth-order valence-corrected chi connectivity index (χ4v) is 6.29. The normalized spacial score (nSPS) is 33.3. The van der Waals surface area contributed by atoms with Gasteiger partial charge in [-0.15, -0.1) is 11.3 Å². The van der Waals surface area contributed by atoms with Gasteiger partial charge in [-0.3, -0.25) is 9.89 Å². The fraction of sp³-hybridized carbons (Fsp3) is 0.556. The second-order valence-corrected chi connectivity index (χ2v) is 9.08. The summed E-state index contributed by atoms with van der Waals surface area (Å²) in [6, 6.07) is -0.156. The van der Waals surface area contributed by atoms with Gasteiger partial charge >= 0.3 is 0 Å². The first kappa shape index (κ1) is 16.0. The number of amides is 1. The van der Waals surface area contributed by atoms with Crippen molar-refractivity contribution >= 4 is 22.9 Å². The van der Waals surface area contributed by atoms with E-state index < -0.39 is 5.92 Å². The van der Waals surface area contributed by atoms with Crippen LogP contribution in [0.1, 0.15) is 28.1 Å². The van der Waals surface area contributed by atoms with E-state index in [2.05, 4.69) is 15.5 Å². The lowest BCUT2D eigenvalue weighted by atomic mass is 9.92. The third-order valence-electron chi connectivity index (χ3n) is 6.45. The van der Waals surface area contributed by atoms with E-state index in [1.54, 1.807) is 17.3 Å². The summed E-state index contributed by atoms with van der Waals surface area (Å²) in [6.07, 6.45) is 4.90. The lowest BCUT2D eigenvalue weighted by Gasteiger charge is -2.37. The molecule has 1 saturated carbocycles. The maximum atomic E-state index is 14.6. The Bertz CT molecular complexity index is 944. The number of nitrogens with one attached hydrogen (secondary N) is 2. The highest BCUT2D eigenvalue weighted by molar-refractivity contribution is 7.18. The van der Waals surface area contributed by atoms with Gasteiger partial charge in [0.2, 0.25) is 0 Å². The van der Waals surface area contributed by atoms with Gasteiger partial charge in [-0.2, -0.15) is 5.10 Å². The minimum Gasteiger partial charge on any atom is -0.378 e. The summed E-state index contributed by atoms with van der Waals surface area (Å²) in [5, 5.41) is 9.81. The molecule has 2 N–H and O–H groups in total. The Balaban J connectivity index is 1.47. The van der Waals surface area contributed by atoms with Gasteiger partial charge < -0.3 is 15.0 Å². The quantitative estimate of drug-likeness (QED) is 0.824. The predicted molar refractivity (Wildman–Crippen MR) is 95.4 cm³/mol. The van der Waals surface area contributed by atoms with Crippen LogP contribution in [-0.4, -0.2) is 53.9 Å². The number of nitrogens with zero attached hydrogens (tertiary/aromatic N) is 2. The maximum absolute atomic E-state index is 14.6. The van der Waals surface area contributed by atoms with E-state index in [9.17, 15) is 13.6 Å². The molecule has 142 valence electrons. The summed E-state index contributed by atoms with van der Waals surface area (Å²) >= 11 is 1.29. The molecule has 0 aromatic carbocycles. The first-order valence-corrected chi connectivity index (χ1v) is 9.99. The molecule has 0 spiro atoms. The predicted octanol–water partition coefficient (Wildman–Crippen LogP) is 2.43. The molecule has 2 fully saturated rings. The Hall–Kier alpha value is -2.00. The third-order valence-corrected chi connectivity index (χ3v) is 7.72. The number of ether oxygens (including phenoxy) is 1. The Morgan fingerprint density at radius 3 is 2.96 bits per heavy atom. The topological polar surface area (TPSA) is 70.2 Å². The Morgan fingerprint density at radius 1 is 1.37 bits per heavy atom. The highest BCUT2D eigenvalue weighted by atomic mass is 32.1. The van der Waals surface area contributed by atoms with Crippen LogP contribution in [0.15, 0.2) is 12.4 Å². The van der Waals surface area contributed by atoms with Crippen LogP contribution in [0.4, 0.5) is 14.5 Å². The Labute approximate surface area is 157 Å². The molecular weight excluding hydrogens is 374 g/mol. The number of halogens is 2. The number of hydrogen-bond acceptors (Lipinski definition) is 5. The van der Waals surface area contributed by atoms with Crippen molar-refractivity contribution in [3.05, 3.63) is 22.8 Å². The van der Waals surface area contributed by atoms with Crippen LogP contribution in [-0.2, 0) is 11.2 Å².